The fourth-order valence-electron chi connectivity index (χ4n) is 5.90. The highest BCUT2D eigenvalue weighted by molar-refractivity contribution is 6.15. The summed E-state index contributed by atoms with van der Waals surface area (Å²) in [6.45, 7) is 0. The first kappa shape index (κ1) is 19.8. The Morgan fingerprint density at radius 1 is 0.583 bits per heavy atom. The highest BCUT2D eigenvalue weighted by Crippen LogP contribution is 2.46. The monoisotopic (exact) mass is 460 g/mol. The SMILES string of the molecule is c1ccc(-c2c(-c3cccc4c3ccc3ccccc34)nn3c(C4CC4)cc4ccccc4c23)cc1. The molecule has 2 aromatic heterocycles. The van der Waals surface area contributed by atoms with Gasteiger partial charge in [0.25, 0.3) is 0 Å². The van der Waals surface area contributed by atoms with Gasteiger partial charge in [0.15, 0.2) is 0 Å². The lowest BCUT2D eigenvalue weighted by molar-refractivity contribution is 0.866. The van der Waals surface area contributed by atoms with Gasteiger partial charge in [-0.3, -0.25) is 0 Å². The third-order valence-corrected chi connectivity index (χ3v) is 7.75. The lowest BCUT2D eigenvalue weighted by Crippen LogP contribution is -1.98. The summed E-state index contributed by atoms with van der Waals surface area (Å²) in [7, 11) is 0. The maximum Gasteiger partial charge on any atom is 0.102 e. The Labute approximate surface area is 209 Å². The molecule has 5 aromatic carbocycles. The molecular weight excluding hydrogens is 436 g/mol. The third kappa shape index (κ3) is 2.88. The largest absolute Gasteiger partial charge is 0.236 e. The van der Waals surface area contributed by atoms with E-state index in [9.17, 15) is 0 Å². The summed E-state index contributed by atoms with van der Waals surface area (Å²) < 4.78 is 2.26. The van der Waals surface area contributed by atoms with Crippen LogP contribution in [0.15, 0.2) is 115 Å². The fraction of sp³-hybridized carbons (Fsp3) is 0.0882. The molecule has 8 rings (SSSR count). The van der Waals surface area contributed by atoms with E-state index in [1.165, 1.54) is 73.1 Å². The first-order valence-corrected chi connectivity index (χ1v) is 12.8. The molecule has 1 saturated carbocycles. The maximum absolute atomic E-state index is 5.42. The molecule has 0 spiro atoms. The summed E-state index contributed by atoms with van der Waals surface area (Å²) in [4.78, 5) is 0. The van der Waals surface area contributed by atoms with Crippen molar-refractivity contribution < 1.29 is 0 Å². The van der Waals surface area contributed by atoms with Gasteiger partial charge in [-0.15, -0.1) is 0 Å². The second kappa shape index (κ2) is 7.53. The van der Waals surface area contributed by atoms with Gasteiger partial charge in [-0.05, 0) is 51.4 Å². The molecule has 0 saturated heterocycles. The lowest BCUT2D eigenvalue weighted by Gasteiger charge is -2.10. The number of hydrogen-bond acceptors (Lipinski definition) is 1. The van der Waals surface area contributed by atoms with E-state index in [2.05, 4.69) is 120 Å². The normalized spacial score (nSPS) is 13.8. The van der Waals surface area contributed by atoms with Crippen molar-refractivity contribution >= 4 is 37.8 Å². The second-order valence-electron chi connectivity index (χ2n) is 9.97. The zero-order valence-electron chi connectivity index (χ0n) is 19.9. The first-order chi connectivity index (χ1) is 17.9. The second-order valence-corrected chi connectivity index (χ2v) is 9.97. The van der Waals surface area contributed by atoms with Crippen molar-refractivity contribution in [2.45, 2.75) is 18.8 Å². The van der Waals surface area contributed by atoms with E-state index < -0.39 is 0 Å². The highest BCUT2D eigenvalue weighted by Gasteiger charge is 2.29. The summed E-state index contributed by atoms with van der Waals surface area (Å²) >= 11 is 0. The Bertz CT molecular complexity index is 1940. The molecule has 1 aliphatic rings. The zero-order chi connectivity index (χ0) is 23.6. The average molecular weight is 461 g/mol. The molecule has 1 aliphatic carbocycles. The molecule has 1 fully saturated rings. The van der Waals surface area contributed by atoms with Crippen molar-refractivity contribution in [1.29, 1.82) is 0 Å². The number of nitrogens with zero attached hydrogens (tertiary/aromatic N) is 2. The molecule has 2 nitrogen and oxygen atoms in total. The van der Waals surface area contributed by atoms with Gasteiger partial charge in [0.05, 0.1) is 5.52 Å². The van der Waals surface area contributed by atoms with Crippen LogP contribution in [-0.2, 0) is 0 Å². The van der Waals surface area contributed by atoms with Gasteiger partial charge in [0.1, 0.15) is 5.69 Å². The quantitative estimate of drug-likeness (QED) is 0.240. The van der Waals surface area contributed by atoms with Crippen LogP contribution in [0.1, 0.15) is 24.5 Å². The van der Waals surface area contributed by atoms with Gasteiger partial charge in [0, 0.05) is 28.1 Å². The van der Waals surface area contributed by atoms with Gasteiger partial charge in [-0.1, -0.05) is 109 Å². The van der Waals surface area contributed by atoms with Gasteiger partial charge in [0.2, 0.25) is 0 Å². The minimum absolute atomic E-state index is 0.588. The third-order valence-electron chi connectivity index (χ3n) is 7.75. The number of aromatic nitrogens is 2. The van der Waals surface area contributed by atoms with E-state index in [0.29, 0.717) is 5.92 Å². The van der Waals surface area contributed by atoms with E-state index >= 15 is 0 Å². The van der Waals surface area contributed by atoms with E-state index in [-0.39, 0.29) is 0 Å². The molecular formula is C34H24N2. The molecule has 0 bridgehead atoms. The average Bonchev–Trinajstić information content (AvgIpc) is 3.71. The number of hydrogen-bond donors (Lipinski definition) is 0. The van der Waals surface area contributed by atoms with Crippen LogP contribution in [0.2, 0.25) is 0 Å². The Balaban J connectivity index is 1.55. The fourth-order valence-corrected chi connectivity index (χ4v) is 5.90. The van der Waals surface area contributed by atoms with Crippen molar-refractivity contribution in [2.24, 2.45) is 0 Å². The Morgan fingerprint density at radius 3 is 2.14 bits per heavy atom. The molecule has 2 heteroatoms. The predicted octanol–water partition coefficient (Wildman–Crippen LogP) is 9.01. The summed E-state index contributed by atoms with van der Waals surface area (Å²) in [6.07, 6.45) is 2.48. The molecule has 2 heterocycles. The number of benzene rings is 5. The number of rotatable bonds is 3. The van der Waals surface area contributed by atoms with Gasteiger partial charge in [-0.25, -0.2) is 4.52 Å². The molecule has 170 valence electrons. The summed E-state index contributed by atoms with van der Waals surface area (Å²) in [5.41, 5.74) is 7.21. The van der Waals surface area contributed by atoms with E-state index in [1.54, 1.807) is 0 Å². The van der Waals surface area contributed by atoms with Crippen LogP contribution in [0, 0.1) is 0 Å². The van der Waals surface area contributed by atoms with Crippen molar-refractivity contribution in [2.75, 3.05) is 0 Å². The summed E-state index contributed by atoms with van der Waals surface area (Å²) in [6, 6.07) is 41.8. The molecule has 0 amide bonds. The molecule has 36 heavy (non-hydrogen) atoms. The Kier molecular flexibility index (Phi) is 4.15. The standard InChI is InChI=1S/C34H24N2/c1-2-10-24(11-3-1)32-33(30-16-8-15-28-26-13-6-4-9-22(26)19-20-29(28)30)35-36-31(23-17-18-23)21-25-12-5-7-14-27(25)34(32)36/h1-16,19-21,23H,17-18H2. The van der Waals surface area contributed by atoms with Gasteiger partial charge < -0.3 is 0 Å². The van der Waals surface area contributed by atoms with Crippen LogP contribution in [-0.4, -0.2) is 9.61 Å². The predicted molar refractivity (Wildman–Crippen MR) is 151 cm³/mol. The van der Waals surface area contributed by atoms with Crippen LogP contribution in [0.25, 0.3) is 60.2 Å². The van der Waals surface area contributed by atoms with Crippen LogP contribution in [0.4, 0.5) is 0 Å². The van der Waals surface area contributed by atoms with Crippen LogP contribution in [0.5, 0.6) is 0 Å². The molecule has 0 radical (unpaired) electrons. The van der Waals surface area contributed by atoms with Crippen molar-refractivity contribution in [1.82, 2.24) is 9.61 Å². The topological polar surface area (TPSA) is 17.3 Å². The minimum Gasteiger partial charge on any atom is -0.236 e. The number of pyridine rings is 1. The van der Waals surface area contributed by atoms with Gasteiger partial charge in [-0.2, -0.15) is 5.10 Å². The zero-order valence-corrected chi connectivity index (χ0v) is 19.9. The summed E-state index contributed by atoms with van der Waals surface area (Å²) in [5.74, 6) is 0.588. The molecule has 7 aromatic rings. The molecule has 0 N–H and O–H groups in total. The Hall–Kier alpha value is -4.43. The molecule has 0 atom stereocenters. The van der Waals surface area contributed by atoms with Crippen LogP contribution in [0.3, 0.4) is 0 Å². The smallest absolute Gasteiger partial charge is 0.102 e. The number of fused-ring (bicyclic) bond motifs is 6. The minimum atomic E-state index is 0.588. The van der Waals surface area contributed by atoms with Crippen molar-refractivity contribution in [3.05, 3.63) is 121 Å². The maximum atomic E-state index is 5.42. The Morgan fingerprint density at radius 2 is 1.31 bits per heavy atom. The van der Waals surface area contributed by atoms with Crippen molar-refractivity contribution in [3.63, 3.8) is 0 Å². The first-order valence-electron chi connectivity index (χ1n) is 12.8. The summed E-state index contributed by atoms with van der Waals surface area (Å²) in [5, 5.41) is 13.0. The van der Waals surface area contributed by atoms with E-state index in [1.807, 2.05) is 0 Å². The molecule has 0 unspecified atom stereocenters. The van der Waals surface area contributed by atoms with Gasteiger partial charge >= 0.3 is 0 Å². The van der Waals surface area contributed by atoms with Crippen LogP contribution >= 0.6 is 0 Å². The van der Waals surface area contributed by atoms with E-state index in [4.69, 9.17) is 5.10 Å². The molecule has 0 aliphatic heterocycles. The lowest BCUT2D eigenvalue weighted by atomic mass is 9.93. The van der Waals surface area contributed by atoms with E-state index in [0.717, 1.165) is 5.69 Å². The highest BCUT2D eigenvalue weighted by atomic mass is 15.2. The van der Waals surface area contributed by atoms with Crippen LogP contribution < -0.4 is 0 Å². The van der Waals surface area contributed by atoms with Crippen molar-refractivity contribution in [3.8, 4) is 22.4 Å².